The Hall–Kier alpha value is -1.52. The highest BCUT2D eigenvalue weighted by molar-refractivity contribution is 9.10. The van der Waals surface area contributed by atoms with E-state index < -0.39 is 0 Å². The van der Waals surface area contributed by atoms with Gasteiger partial charge in [-0.25, -0.2) is 0 Å². The van der Waals surface area contributed by atoms with Crippen LogP contribution in [-0.2, 0) is 0 Å². The lowest BCUT2D eigenvalue weighted by Crippen LogP contribution is -2.19. The van der Waals surface area contributed by atoms with Crippen LogP contribution in [-0.4, -0.2) is 21.3 Å². The van der Waals surface area contributed by atoms with E-state index in [0.717, 1.165) is 21.5 Å². The molecular formula is C16H18BrNO2. The lowest BCUT2D eigenvalue weighted by molar-refractivity contribution is 0.388. The zero-order chi connectivity index (χ0) is 14.5. The molecule has 0 saturated heterocycles. The molecule has 0 bridgehead atoms. The molecule has 20 heavy (non-hydrogen) atoms. The monoisotopic (exact) mass is 335 g/mol. The summed E-state index contributed by atoms with van der Waals surface area (Å²) in [5.74, 6) is 1.59. The molecule has 1 atom stereocenters. The maximum absolute atomic E-state index is 5.50. The topological polar surface area (TPSA) is 30.5 Å². The molecule has 0 saturated carbocycles. The standard InChI is InChI=1S/C16H18BrNO2/c1-18-16(12-6-4-5-7-14(12)17)13-9-8-11(19-2)10-15(13)20-3/h4-10,16,18H,1-3H3. The van der Waals surface area contributed by atoms with Crippen LogP contribution in [0.4, 0.5) is 0 Å². The Balaban J connectivity index is 2.49. The predicted octanol–water partition coefficient (Wildman–Crippen LogP) is 3.78. The minimum Gasteiger partial charge on any atom is -0.497 e. The van der Waals surface area contributed by atoms with Crippen LogP contribution in [0, 0.1) is 0 Å². The van der Waals surface area contributed by atoms with E-state index in [0.29, 0.717) is 0 Å². The molecule has 2 aromatic rings. The summed E-state index contributed by atoms with van der Waals surface area (Å²) in [6.45, 7) is 0. The number of nitrogens with one attached hydrogen (secondary N) is 1. The molecule has 2 aromatic carbocycles. The van der Waals surface area contributed by atoms with Crippen LogP contribution in [0.15, 0.2) is 46.9 Å². The highest BCUT2D eigenvalue weighted by Gasteiger charge is 2.19. The fourth-order valence-electron chi connectivity index (χ4n) is 2.24. The van der Waals surface area contributed by atoms with Gasteiger partial charge in [-0.3, -0.25) is 0 Å². The first-order valence-corrected chi connectivity index (χ1v) is 7.14. The lowest BCUT2D eigenvalue weighted by Gasteiger charge is -2.21. The smallest absolute Gasteiger partial charge is 0.127 e. The van der Waals surface area contributed by atoms with Crippen molar-refractivity contribution >= 4 is 15.9 Å². The van der Waals surface area contributed by atoms with Crippen molar-refractivity contribution in [3.8, 4) is 11.5 Å². The maximum atomic E-state index is 5.50. The minimum absolute atomic E-state index is 0.0476. The molecule has 0 fully saturated rings. The molecule has 0 amide bonds. The molecule has 2 rings (SSSR count). The third-order valence-corrected chi connectivity index (χ3v) is 3.98. The number of methoxy groups -OCH3 is 2. The molecule has 0 aliphatic carbocycles. The van der Waals surface area contributed by atoms with Crippen molar-refractivity contribution in [2.24, 2.45) is 0 Å². The first-order chi connectivity index (χ1) is 9.71. The summed E-state index contributed by atoms with van der Waals surface area (Å²) < 4.78 is 11.8. The van der Waals surface area contributed by atoms with E-state index in [1.54, 1.807) is 14.2 Å². The first-order valence-electron chi connectivity index (χ1n) is 6.35. The van der Waals surface area contributed by atoms with Crippen molar-refractivity contribution in [2.75, 3.05) is 21.3 Å². The number of hydrogen-bond acceptors (Lipinski definition) is 3. The van der Waals surface area contributed by atoms with Gasteiger partial charge in [-0.2, -0.15) is 0 Å². The van der Waals surface area contributed by atoms with Gasteiger partial charge in [-0.05, 0) is 30.8 Å². The summed E-state index contributed by atoms with van der Waals surface area (Å²) in [5.41, 5.74) is 2.24. The summed E-state index contributed by atoms with van der Waals surface area (Å²) in [7, 11) is 5.26. The zero-order valence-electron chi connectivity index (χ0n) is 11.8. The van der Waals surface area contributed by atoms with E-state index in [2.05, 4.69) is 27.3 Å². The van der Waals surface area contributed by atoms with Crippen molar-refractivity contribution in [1.82, 2.24) is 5.32 Å². The van der Waals surface area contributed by atoms with E-state index in [1.807, 2.05) is 43.4 Å². The molecular weight excluding hydrogens is 318 g/mol. The van der Waals surface area contributed by atoms with E-state index >= 15 is 0 Å². The fraction of sp³-hybridized carbons (Fsp3) is 0.250. The van der Waals surface area contributed by atoms with Crippen molar-refractivity contribution in [1.29, 1.82) is 0 Å². The van der Waals surface area contributed by atoms with Crippen LogP contribution in [0.5, 0.6) is 11.5 Å². The van der Waals surface area contributed by atoms with Gasteiger partial charge in [0.15, 0.2) is 0 Å². The second-order valence-electron chi connectivity index (χ2n) is 4.35. The third-order valence-electron chi connectivity index (χ3n) is 3.26. The Morgan fingerprint density at radius 3 is 2.35 bits per heavy atom. The van der Waals surface area contributed by atoms with Gasteiger partial charge in [0.05, 0.1) is 20.3 Å². The quantitative estimate of drug-likeness (QED) is 0.902. The van der Waals surface area contributed by atoms with E-state index in [1.165, 1.54) is 5.56 Å². The molecule has 0 aliphatic heterocycles. The van der Waals surface area contributed by atoms with Crippen LogP contribution in [0.25, 0.3) is 0 Å². The normalized spacial score (nSPS) is 12.0. The van der Waals surface area contributed by atoms with Crippen LogP contribution < -0.4 is 14.8 Å². The first kappa shape index (κ1) is 14.9. The van der Waals surface area contributed by atoms with E-state index in [4.69, 9.17) is 9.47 Å². The Morgan fingerprint density at radius 2 is 1.75 bits per heavy atom. The molecule has 4 heteroatoms. The van der Waals surface area contributed by atoms with Gasteiger partial charge < -0.3 is 14.8 Å². The Kier molecular flexibility index (Phi) is 5.04. The molecule has 0 radical (unpaired) electrons. The highest BCUT2D eigenvalue weighted by atomic mass is 79.9. The predicted molar refractivity (Wildman–Crippen MR) is 84.6 cm³/mol. The summed E-state index contributed by atoms with van der Waals surface area (Å²) in [4.78, 5) is 0. The van der Waals surface area contributed by atoms with Crippen LogP contribution in [0.1, 0.15) is 17.2 Å². The second-order valence-corrected chi connectivity index (χ2v) is 5.21. The molecule has 0 aromatic heterocycles. The van der Waals surface area contributed by atoms with Gasteiger partial charge in [0.2, 0.25) is 0 Å². The van der Waals surface area contributed by atoms with Crippen molar-refractivity contribution in [2.45, 2.75) is 6.04 Å². The number of ether oxygens (including phenoxy) is 2. The SMILES string of the molecule is CNC(c1ccccc1Br)c1ccc(OC)cc1OC. The average molecular weight is 336 g/mol. The largest absolute Gasteiger partial charge is 0.497 e. The average Bonchev–Trinajstić information content (AvgIpc) is 2.50. The Labute approximate surface area is 128 Å². The zero-order valence-corrected chi connectivity index (χ0v) is 13.4. The molecule has 0 heterocycles. The van der Waals surface area contributed by atoms with Gasteiger partial charge >= 0.3 is 0 Å². The maximum Gasteiger partial charge on any atom is 0.127 e. The van der Waals surface area contributed by atoms with E-state index in [-0.39, 0.29) is 6.04 Å². The minimum atomic E-state index is 0.0476. The number of benzene rings is 2. The molecule has 0 spiro atoms. The Bertz CT molecular complexity index is 586. The fourth-order valence-corrected chi connectivity index (χ4v) is 2.76. The van der Waals surface area contributed by atoms with Crippen LogP contribution in [0.2, 0.25) is 0 Å². The van der Waals surface area contributed by atoms with Gasteiger partial charge in [0.1, 0.15) is 11.5 Å². The van der Waals surface area contributed by atoms with Crippen molar-refractivity contribution < 1.29 is 9.47 Å². The van der Waals surface area contributed by atoms with Gasteiger partial charge in [-0.15, -0.1) is 0 Å². The number of halogens is 1. The molecule has 0 aliphatic rings. The molecule has 106 valence electrons. The molecule has 3 nitrogen and oxygen atoms in total. The van der Waals surface area contributed by atoms with Crippen molar-refractivity contribution in [3.05, 3.63) is 58.1 Å². The lowest BCUT2D eigenvalue weighted by atomic mass is 9.98. The van der Waals surface area contributed by atoms with Gasteiger partial charge in [0.25, 0.3) is 0 Å². The summed E-state index contributed by atoms with van der Waals surface area (Å²) in [6.07, 6.45) is 0. The molecule has 1 N–H and O–H groups in total. The van der Waals surface area contributed by atoms with Gasteiger partial charge in [-0.1, -0.05) is 34.1 Å². The second kappa shape index (κ2) is 6.77. The summed E-state index contributed by atoms with van der Waals surface area (Å²) in [5, 5.41) is 3.34. The van der Waals surface area contributed by atoms with Gasteiger partial charge in [0, 0.05) is 16.1 Å². The van der Waals surface area contributed by atoms with Crippen LogP contribution in [0.3, 0.4) is 0 Å². The van der Waals surface area contributed by atoms with Crippen molar-refractivity contribution in [3.63, 3.8) is 0 Å². The molecule has 1 unspecified atom stereocenters. The third kappa shape index (κ3) is 2.97. The highest BCUT2D eigenvalue weighted by Crippen LogP contribution is 2.35. The summed E-state index contributed by atoms with van der Waals surface area (Å²) in [6, 6.07) is 14.1. The number of hydrogen-bond donors (Lipinski definition) is 1. The number of rotatable bonds is 5. The van der Waals surface area contributed by atoms with Crippen LogP contribution >= 0.6 is 15.9 Å². The Morgan fingerprint density at radius 1 is 1.00 bits per heavy atom. The summed E-state index contributed by atoms with van der Waals surface area (Å²) >= 11 is 3.60. The van der Waals surface area contributed by atoms with E-state index in [9.17, 15) is 0 Å².